The fourth-order valence-electron chi connectivity index (χ4n) is 3.86. The summed E-state index contributed by atoms with van der Waals surface area (Å²) in [4.78, 5) is 7.19. The molecule has 5 nitrogen and oxygen atoms in total. The molecule has 2 heterocycles. The zero-order chi connectivity index (χ0) is 19.0. The minimum absolute atomic E-state index is 0. The van der Waals surface area contributed by atoms with Gasteiger partial charge in [0.05, 0.1) is 22.4 Å². The van der Waals surface area contributed by atoms with Gasteiger partial charge in [0, 0.05) is 19.2 Å². The first-order valence-corrected chi connectivity index (χ1v) is 9.57. The number of halogens is 2. The van der Waals surface area contributed by atoms with Crippen LogP contribution in [-0.2, 0) is 7.05 Å². The minimum atomic E-state index is -0.624. The number of likely N-dealkylation sites (N-methyl/N-ethyl adjacent to an activating group) is 1. The third-order valence-electron chi connectivity index (χ3n) is 5.37. The summed E-state index contributed by atoms with van der Waals surface area (Å²) >= 11 is 0. The van der Waals surface area contributed by atoms with Crippen molar-refractivity contribution in [3.63, 3.8) is 0 Å². The molecule has 7 heteroatoms. The number of para-hydroxylation sites is 2. The largest absolute Gasteiger partial charge is 0.385 e. The Morgan fingerprint density at radius 2 is 1.52 bits per heavy atom. The summed E-state index contributed by atoms with van der Waals surface area (Å²) in [6, 6.07) is 18.4. The van der Waals surface area contributed by atoms with Gasteiger partial charge < -0.3 is 14.6 Å². The average Bonchev–Trinajstić information content (AvgIpc) is 3.23. The lowest BCUT2D eigenvalue weighted by Gasteiger charge is -2.22. The van der Waals surface area contributed by atoms with E-state index in [0.29, 0.717) is 6.54 Å². The van der Waals surface area contributed by atoms with Crippen molar-refractivity contribution in [2.45, 2.75) is 20.0 Å². The van der Waals surface area contributed by atoms with Gasteiger partial charge in [-0.1, -0.05) is 56.3 Å². The highest BCUT2D eigenvalue weighted by Crippen LogP contribution is 2.33. The van der Waals surface area contributed by atoms with E-state index in [1.807, 2.05) is 37.4 Å². The van der Waals surface area contributed by atoms with E-state index >= 15 is 0 Å². The van der Waals surface area contributed by atoms with Crippen molar-refractivity contribution in [1.29, 1.82) is 0 Å². The molecule has 0 aliphatic carbocycles. The molecule has 29 heavy (non-hydrogen) atoms. The highest BCUT2D eigenvalue weighted by molar-refractivity contribution is 5.86. The zero-order valence-corrected chi connectivity index (χ0v) is 18.6. The van der Waals surface area contributed by atoms with Gasteiger partial charge in [-0.2, -0.15) is 0 Å². The van der Waals surface area contributed by atoms with Crippen LogP contribution in [0, 0.1) is 0 Å². The van der Waals surface area contributed by atoms with Gasteiger partial charge in [-0.3, -0.25) is 4.40 Å². The quantitative estimate of drug-likeness (QED) is 0.477. The zero-order valence-electron chi connectivity index (χ0n) is 16.9. The van der Waals surface area contributed by atoms with E-state index < -0.39 is 6.10 Å². The molecular weight excluding hydrogens is 407 g/mol. The number of benzene rings is 2. The molecule has 0 amide bonds. The molecule has 1 unspecified atom stereocenters. The van der Waals surface area contributed by atoms with Crippen LogP contribution in [0.25, 0.3) is 28.1 Å². The van der Waals surface area contributed by atoms with Crippen LogP contribution in [0.1, 0.15) is 25.6 Å². The molecule has 1 atom stereocenters. The van der Waals surface area contributed by atoms with Crippen LogP contribution in [0.2, 0.25) is 0 Å². The molecular formula is C22H28Cl2N4O. The third kappa shape index (κ3) is 4.01. The first kappa shape index (κ1) is 23.2. The van der Waals surface area contributed by atoms with Crippen LogP contribution >= 0.6 is 24.8 Å². The molecule has 2 aromatic heterocycles. The van der Waals surface area contributed by atoms with Crippen molar-refractivity contribution in [1.82, 2.24) is 18.9 Å². The Hall–Kier alpha value is -2.05. The number of hydrogen-bond acceptors (Lipinski definition) is 3. The summed E-state index contributed by atoms with van der Waals surface area (Å²) in [5.41, 5.74) is 4.92. The fraction of sp³-hybridized carbons (Fsp3) is 0.318. The second-order valence-electron chi connectivity index (χ2n) is 6.90. The van der Waals surface area contributed by atoms with Crippen molar-refractivity contribution >= 4 is 41.6 Å². The van der Waals surface area contributed by atoms with Gasteiger partial charge in [0.25, 0.3) is 0 Å². The van der Waals surface area contributed by atoms with Crippen molar-refractivity contribution in [2.24, 2.45) is 7.05 Å². The second kappa shape index (κ2) is 9.63. The van der Waals surface area contributed by atoms with E-state index in [4.69, 9.17) is 4.98 Å². The van der Waals surface area contributed by atoms with Crippen molar-refractivity contribution in [2.75, 3.05) is 19.6 Å². The molecule has 156 valence electrons. The molecule has 0 radical (unpaired) electrons. The molecule has 0 aliphatic rings. The number of rotatable bonds is 6. The predicted molar refractivity (Wildman–Crippen MR) is 124 cm³/mol. The molecule has 4 aromatic rings. The lowest BCUT2D eigenvalue weighted by Crippen LogP contribution is -2.29. The van der Waals surface area contributed by atoms with Crippen molar-refractivity contribution in [3.05, 3.63) is 60.3 Å². The predicted octanol–water partition coefficient (Wildman–Crippen LogP) is 4.71. The highest BCUT2D eigenvalue weighted by Gasteiger charge is 2.25. The molecule has 4 rings (SSSR count). The van der Waals surface area contributed by atoms with E-state index in [1.165, 1.54) is 0 Å². The SMILES string of the molecule is CCN(CC)CC(O)c1c(-c2ccccc2)nc2n(C)c3ccccc3n12.Cl.Cl. The number of fused-ring (bicyclic) bond motifs is 3. The van der Waals surface area contributed by atoms with Gasteiger partial charge >= 0.3 is 0 Å². The maximum Gasteiger partial charge on any atom is 0.215 e. The Bertz CT molecular complexity index is 1070. The number of hydrogen-bond donors (Lipinski definition) is 1. The molecule has 2 aromatic carbocycles. The van der Waals surface area contributed by atoms with Gasteiger partial charge in [0.1, 0.15) is 6.10 Å². The van der Waals surface area contributed by atoms with E-state index in [1.54, 1.807) is 0 Å². The lowest BCUT2D eigenvalue weighted by atomic mass is 10.1. The Morgan fingerprint density at radius 1 is 0.931 bits per heavy atom. The van der Waals surface area contributed by atoms with Crippen LogP contribution in [0.3, 0.4) is 0 Å². The van der Waals surface area contributed by atoms with Gasteiger partial charge in [-0.25, -0.2) is 4.98 Å². The summed E-state index contributed by atoms with van der Waals surface area (Å²) in [6.45, 7) is 6.65. The van der Waals surface area contributed by atoms with Crippen LogP contribution in [0.15, 0.2) is 54.6 Å². The van der Waals surface area contributed by atoms with E-state index in [-0.39, 0.29) is 24.8 Å². The molecule has 0 saturated carbocycles. The second-order valence-corrected chi connectivity index (χ2v) is 6.90. The smallest absolute Gasteiger partial charge is 0.215 e. The first-order valence-electron chi connectivity index (χ1n) is 9.57. The topological polar surface area (TPSA) is 45.7 Å². The molecule has 1 N–H and O–H groups in total. The summed E-state index contributed by atoms with van der Waals surface area (Å²) in [5, 5.41) is 11.2. The number of aryl methyl sites for hydroxylation is 1. The van der Waals surface area contributed by atoms with Crippen LogP contribution in [0.5, 0.6) is 0 Å². The molecule has 0 aliphatic heterocycles. The standard InChI is InChI=1S/C22H26N4O.2ClH/c1-4-25(5-2)15-19(27)21-20(16-11-7-6-8-12-16)23-22-24(3)17-13-9-10-14-18(17)26(21)22;;/h6-14,19,27H,4-5,15H2,1-3H3;2*1H. The number of imidazole rings is 2. The van der Waals surface area contributed by atoms with E-state index in [2.05, 4.69) is 52.0 Å². The molecule has 0 saturated heterocycles. The number of aromatic nitrogens is 3. The Labute approximate surface area is 183 Å². The highest BCUT2D eigenvalue weighted by atomic mass is 35.5. The van der Waals surface area contributed by atoms with Crippen molar-refractivity contribution < 1.29 is 5.11 Å². The lowest BCUT2D eigenvalue weighted by molar-refractivity contribution is 0.115. The van der Waals surface area contributed by atoms with E-state index in [9.17, 15) is 5.11 Å². The number of aliphatic hydroxyl groups excluding tert-OH is 1. The van der Waals surface area contributed by atoms with Gasteiger partial charge in [0.2, 0.25) is 5.78 Å². The Morgan fingerprint density at radius 3 is 2.14 bits per heavy atom. The maximum absolute atomic E-state index is 11.2. The number of nitrogens with zero attached hydrogens (tertiary/aromatic N) is 4. The maximum atomic E-state index is 11.2. The molecule has 0 spiro atoms. The van der Waals surface area contributed by atoms with Crippen LogP contribution in [-0.4, -0.2) is 43.6 Å². The van der Waals surface area contributed by atoms with Crippen LogP contribution < -0.4 is 0 Å². The Kier molecular flexibility index (Phi) is 7.72. The minimum Gasteiger partial charge on any atom is -0.385 e. The monoisotopic (exact) mass is 434 g/mol. The summed E-state index contributed by atoms with van der Waals surface area (Å²) in [6.07, 6.45) is -0.624. The van der Waals surface area contributed by atoms with Crippen LogP contribution in [0.4, 0.5) is 0 Å². The van der Waals surface area contributed by atoms with Crippen molar-refractivity contribution in [3.8, 4) is 11.3 Å². The normalized spacial score (nSPS) is 12.2. The third-order valence-corrected chi connectivity index (χ3v) is 5.37. The van der Waals surface area contributed by atoms with Gasteiger partial charge in [-0.15, -0.1) is 24.8 Å². The fourth-order valence-corrected chi connectivity index (χ4v) is 3.86. The molecule has 0 bridgehead atoms. The van der Waals surface area contributed by atoms with Gasteiger partial charge in [-0.05, 0) is 25.2 Å². The number of aliphatic hydroxyl groups is 1. The van der Waals surface area contributed by atoms with E-state index in [0.717, 1.165) is 46.9 Å². The summed E-state index contributed by atoms with van der Waals surface area (Å²) in [7, 11) is 2.03. The Balaban J connectivity index is 0.00000150. The summed E-state index contributed by atoms with van der Waals surface area (Å²) < 4.78 is 4.21. The average molecular weight is 435 g/mol. The van der Waals surface area contributed by atoms with Gasteiger partial charge in [0.15, 0.2) is 0 Å². The molecule has 0 fully saturated rings. The first-order chi connectivity index (χ1) is 13.2. The summed E-state index contributed by atoms with van der Waals surface area (Å²) in [5.74, 6) is 0.851.